The lowest BCUT2D eigenvalue weighted by molar-refractivity contribution is 0.595. The number of sulfone groups is 1. The molecule has 2 rings (SSSR count). The summed E-state index contributed by atoms with van der Waals surface area (Å²) in [6.45, 7) is 2.17. The predicted molar refractivity (Wildman–Crippen MR) is 96.5 cm³/mol. The molecule has 0 saturated carbocycles. The van der Waals surface area contributed by atoms with Crippen LogP contribution in [0.25, 0.3) is 0 Å². The lowest BCUT2D eigenvalue weighted by Gasteiger charge is -2.16. The highest BCUT2D eigenvalue weighted by Crippen LogP contribution is 2.17. The second-order valence-corrected chi connectivity index (χ2v) is 8.42. The second-order valence-electron chi connectivity index (χ2n) is 5.78. The van der Waals surface area contributed by atoms with Crippen molar-refractivity contribution in [1.29, 1.82) is 0 Å². The standard InChI is InChI=1S/C16H20ClN3O3S/c1-12(8-9-24(2,22)23)19-14-10-18-20(16(21)15(14)17)11-13-6-4-3-5-7-13/h3-7,10,12,19H,8-9,11H2,1-2H3. The average Bonchev–Trinajstić information content (AvgIpc) is 2.53. The number of nitrogens with one attached hydrogen (secondary N) is 1. The third-order valence-electron chi connectivity index (χ3n) is 3.48. The maximum Gasteiger partial charge on any atom is 0.287 e. The number of halogens is 1. The smallest absolute Gasteiger partial charge is 0.287 e. The minimum Gasteiger partial charge on any atom is -0.380 e. The molecule has 0 aliphatic heterocycles. The van der Waals surface area contributed by atoms with Gasteiger partial charge >= 0.3 is 0 Å². The first-order valence-electron chi connectivity index (χ1n) is 7.50. The van der Waals surface area contributed by atoms with E-state index in [0.717, 1.165) is 5.56 Å². The Hall–Kier alpha value is -1.86. The van der Waals surface area contributed by atoms with Crippen molar-refractivity contribution in [1.82, 2.24) is 9.78 Å². The summed E-state index contributed by atoms with van der Waals surface area (Å²) in [7, 11) is -3.03. The van der Waals surface area contributed by atoms with Crippen molar-refractivity contribution < 1.29 is 8.42 Å². The average molecular weight is 370 g/mol. The van der Waals surface area contributed by atoms with Crippen LogP contribution in [0.4, 0.5) is 5.69 Å². The van der Waals surface area contributed by atoms with Crippen LogP contribution in [0.2, 0.25) is 5.02 Å². The van der Waals surface area contributed by atoms with Crippen LogP contribution in [0.3, 0.4) is 0 Å². The van der Waals surface area contributed by atoms with Crippen molar-refractivity contribution in [3.05, 3.63) is 57.5 Å². The van der Waals surface area contributed by atoms with Gasteiger partial charge in [0.1, 0.15) is 14.9 Å². The fourth-order valence-electron chi connectivity index (χ4n) is 2.16. The molecule has 1 unspecified atom stereocenters. The Morgan fingerprint density at radius 2 is 1.96 bits per heavy atom. The van der Waals surface area contributed by atoms with Gasteiger partial charge in [0.25, 0.3) is 5.56 Å². The topological polar surface area (TPSA) is 81.1 Å². The molecule has 0 bridgehead atoms. The molecule has 1 aromatic heterocycles. The van der Waals surface area contributed by atoms with E-state index in [1.165, 1.54) is 17.1 Å². The zero-order valence-electron chi connectivity index (χ0n) is 13.6. The van der Waals surface area contributed by atoms with Crippen molar-refractivity contribution >= 4 is 27.1 Å². The van der Waals surface area contributed by atoms with Crippen LogP contribution in [0, 0.1) is 0 Å². The molecule has 8 heteroatoms. The molecule has 0 aliphatic carbocycles. The van der Waals surface area contributed by atoms with Gasteiger partial charge in [0.15, 0.2) is 0 Å². The van der Waals surface area contributed by atoms with Gasteiger partial charge in [-0.15, -0.1) is 0 Å². The number of hydrogen-bond acceptors (Lipinski definition) is 5. The van der Waals surface area contributed by atoms with Gasteiger partial charge in [-0.25, -0.2) is 13.1 Å². The van der Waals surface area contributed by atoms with Gasteiger partial charge in [-0.1, -0.05) is 41.9 Å². The highest BCUT2D eigenvalue weighted by Gasteiger charge is 2.13. The molecule has 1 heterocycles. The first kappa shape index (κ1) is 18.5. The van der Waals surface area contributed by atoms with Crippen molar-refractivity contribution in [3.63, 3.8) is 0 Å². The van der Waals surface area contributed by atoms with Gasteiger partial charge in [-0.3, -0.25) is 4.79 Å². The molecule has 0 amide bonds. The van der Waals surface area contributed by atoms with Crippen molar-refractivity contribution in [2.45, 2.75) is 25.9 Å². The molecule has 0 aliphatic rings. The van der Waals surface area contributed by atoms with Gasteiger partial charge in [0.2, 0.25) is 0 Å². The summed E-state index contributed by atoms with van der Waals surface area (Å²) in [4.78, 5) is 12.3. The van der Waals surface area contributed by atoms with Crippen LogP contribution in [-0.4, -0.2) is 36.2 Å². The SMILES string of the molecule is CC(CCS(C)(=O)=O)Nc1cnn(Cc2ccccc2)c(=O)c1Cl. The van der Waals surface area contributed by atoms with E-state index in [0.29, 0.717) is 18.7 Å². The van der Waals surface area contributed by atoms with Crippen molar-refractivity contribution in [2.24, 2.45) is 0 Å². The fraction of sp³-hybridized carbons (Fsp3) is 0.375. The normalized spacial score (nSPS) is 12.8. The summed E-state index contributed by atoms with van der Waals surface area (Å²) in [5.74, 6) is 0.0668. The van der Waals surface area contributed by atoms with Gasteiger partial charge in [-0.05, 0) is 18.9 Å². The quantitative estimate of drug-likeness (QED) is 0.809. The molecule has 0 saturated heterocycles. The number of nitrogens with zero attached hydrogens (tertiary/aromatic N) is 2. The lowest BCUT2D eigenvalue weighted by Crippen LogP contribution is -2.27. The number of anilines is 1. The molecule has 0 fully saturated rings. The summed E-state index contributed by atoms with van der Waals surface area (Å²) in [5, 5.41) is 7.23. The van der Waals surface area contributed by atoms with E-state index >= 15 is 0 Å². The zero-order valence-corrected chi connectivity index (χ0v) is 15.1. The maximum atomic E-state index is 12.3. The molecule has 0 radical (unpaired) electrons. The van der Waals surface area contributed by atoms with E-state index in [4.69, 9.17) is 11.6 Å². The highest BCUT2D eigenvalue weighted by molar-refractivity contribution is 7.90. The van der Waals surface area contributed by atoms with Crippen LogP contribution in [0.15, 0.2) is 41.3 Å². The zero-order chi connectivity index (χ0) is 17.7. The van der Waals surface area contributed by atoms with Gasteiger partial charge in [0, 0.05) is 12.3 Å². The largest absolute Gasteiger partial charge is 0.380 e. The van der Waals surface area contributed by atoms with E-state index in [2.05, 4.69) is 10.4 Å². The fourth-order valence-corrected chi connectivity index (χ4v) is 3.15. The summed E-state index contributed by atoms with van der Waals surface area (Å²) < 4.78 is 23.7. The molecule has 24 heavy (non-hydrogen) atoms. The number of rotatable bonds is 7. The molecular formula is C16H20ClN3O3S. The molecule has 1 atom stereocenters. The van der Waals surface area contributed by atoms with Crippen molar-refractivity contribution in [2.75, 3.05) is 17.3 Å². The third-order valence-corrected chi connectivity index (χ3v) is 4.83. The monoisotopic (exact) mass is 369 g/mol. The Kier molecular flexibility index (Phi) is 6.01. The first-order valence-corrected chi connectivity index (χ1v) is 9.94. The minimum absolute atomic E-state index is 0.0483. The Morgan fingerprint density at radius 3 is 2.58 bits per heavy atom. The maximum absolute atomic E-state index is 12.3. The Morgan fingerprint density at radius 1 is 1.29 bits per heavy atom. The second kappa shape index (κ2) is 7.81. The molecule has 1 aromatic carbocycles. The summed E-state index contributed by atoms with van der Waals surface area (Å²) in [6, 6.07) is 9.34. The van der Waals surface area contributed by atoms with Gasteiger partial charge < -0.3 is 5.32 Å². The molecule has 0 spiro atoms. The molecule has 6 nitrogen and oxygen atoms in total. The summed E-state index contributed by atoms with van der Waals surface area (Å²) >= 11 is 6.14. The van der Waals surface area contributed by atoms with Crippen LogP contribution in [0.5, 0.6) is 0 Å². The molecule has 130 valence electrons. The molecular weight excluding hydrogens is 350 g/mol. The molecule has 2 aromatic rings. The van der Waals surface area contributed by atoms with E-state index in [-0.39, 0.29) is 22.4 Å². The predicted octanol–water partition coefficient (Wildman–Crippen LogP) is 2.18. The lowest BCUT2D eigenvalue weighted by atomic mass is 10.2. The van der Waals surface area contributed by atoms with E-state index in [9.17, 15) is 13.2 Å². The van der Waals surface area contributed by atoms with Gasteiger partial charge in [-0.2, -0.15) is 5.10 Å². The Bertz CT molecular complexity index is 851. The summed E-state index contributed by atoms with van der Waals surface area (Å²) in [6.07, 6.45) is 3.10. The molecule has 1 N–H and O–H groups in total. The van der Waals surface area contributed by atoms with Crippen LogP contribution >= 0.6 is 11.6 Å². The van der Waals surface area contributed by atoms with Crippen LogP contribution in [0.1, 0.15) is 18.9 Å². The Balaban J connectivity index is 2.11. The number of hydrogen-bond donors (Lipinski definition) is 1. The van der Waals surface area contributed by atoms with E-state index in [1.807, 2.05) is 37.3 Å². The Labute approximate surface area is 146 Å². The first-order chi connectivity index (χ1) is 11.3. The van der Waals surface area contributed by atoms with Crippen LogP contribution < -0.4 is 10.9 Å². The summed E-state index contributed by atoms with van der Waals surface area (Å²) in [5.41, 5.74) is 0.971. The third kappa shape index (κ3) is 5.35. The van der Waals surface area contributed by atoms with Crippen LogP contribution in [-0.2, 0) is 16.4 Å². The number of aromatic nitrogens is 2. The number of benzene rings is 1. The minimum atomic E-state index is -3.03. The van der Waals surface area contributed by atoms with E-state index < -0.39 is 9.84 Å². The van der Waals surface area contributed by atoms with Crippen molar-refractivity contribution in [3.8, 4) is 0 Å². The van der Waals surface area contributed by atoms with E-state index in [1.54, 1.807) is 0 Å². The van der Waals surface area contributed by atoms with Gasteiger partial charge in [0.05, 0.1) is 24.2 Å². The highest BCUT2D eigenvalue weighted by atomic mass is 35.5.